The molecule has 4 nitrogen and oxygen atoms in total. The fraction of sp³-hybridized carbons (Fsp3) is 0. The minimum absolute atomic E-state index is 0.0717. The molecule has 2 aromatic rings. The molecule has 1 N–H and O–H groups in total. The molecule has 2 rings (SSSR count). The summed E-state index contributed by atoms with van der Waals surface area (Å²) < 4.78 is 0.818. The average Bonchev–Trinajstić information content (AvgIpc) is 2.38. The molecule has 96 valence electrons. The number of amides is 1. The molecule has 5 heteroatoms. The van der Waals surface area contributed by atoms with E-state index in [0.29, 0.717) is 5.69 Å². The van der Waals surface area contributed by atoms with Gasteiger partial charge in [0.1, 0.15) is 0 Å². The van der Waals surface area contributed by atoms with E-state index in [1.807, 2.05) is 6.07 Å². The maximum atomic E-state index is 12.0. The van der Waals surface area contributed by atoms with Crippen molar-refractivity contribution >= 4 is 33.5 Å². The molecule has 0 bridgehead atoms. The minimum Gasteiger partial charge on any atom is -0.545 e. The van der Waals surface area contributed by atoms with E-state index in [0.717, 1.165) is 4.47 Å². The molecule has 2 aromatic carbocycles. The Balaban J connectivity index is 2.28. The van der Waals surface area contributed by atoms with Crippen molar-refractivity contribution in [3.05, 3.63) is 64.1 Å². The topological polar surface area (TPSA) is 69.2 Å². The third kappa shape index (κ3) is 3.20. The summed E-state index contributed by atoms with van der Waals surface area (Å²) in [6, 6.07) is 13.0. The van der Waals surface area contributed by atoms with E-state index >= 15 is 0 Å². The van der Waals surface area contributed by atoms with Crippen LogP contribution in [-0.2, 0) is 0 Å². The zero-order valence-electron chi connectivity index (χ0n) is 9.72. The second kappa shape index (κ2) is 5.67. The van der Waals surface area contributed by atoms with Gasteiger partial charge in [-0.25, -0.2) is 0 Å². The second-order valence-corrected chi connectivity index (χ2v) is 4.71. The Labute approximate surface area is 118 Å². The molecule has 0 aliphatic rings. The Morgan fingerprint density at radius 1 is 1.00 bits per heavy atom. The summed E-state index contributed by atoms with van der Waals surface area (Å²) in [6.45, 7) is 0. The quantitative estimate of drug-likeness (QED) is 0.941. The molecular weight excluding hydrogens is 310 g/mol. The molecule has 0 radical (unpaired) electrons. The van der Waals surface area contributed by atoms with Crippen molar-refractivity contribution in [2.24, 2.45) is 0 Å². The molecule has 0 heterocycles. The summed E-state index contributed by atoms with van der Waals surface area (Å²) in [4.78, 5) is 23.0. The van der Waals surface area contributed by atoms with Gasteiger partial charge in [-0.2, -0.15) is 0 Å². The van der Waals surface area contributed by atoms with Crippen LogP contribution in [0.5, 0.6) is 0 Å². The van der Waals surface area contributed by atoms with Crippen molar-refractivity contribution in [2.45, 2.75) is 0 Å². The zero-order valence-corrected chi connectivity index (χ0v) is 11.3. The molecule has 0 saturated heterocycles. The van der Waals surface area contributed by atoms with Gasteiger partial charge in [-0.1, -0.05) is 40.2 Å². The standard InChI is InChI=1S/C14H10BrNO3/c15-9-4-3-5-10(8-9)16-13(17)11-6-1-2-7-12(11)14(18)19/h1-8H,(H,16,17)(H,18,19)/p-1. The predicted octanol–water partition coefficient (Wildman–Crippen LogP) is 2.06. The average molecular weight is 319 g/mol. The molecule has 0 aliphatic carbocycles. The van der Waals surface area contributed by atoms with Gasteiger partial charge in [0.15, 0.2) is 0 Å². The van der Waals surface area contributed by atoms with Crippen LogP contribution >= 0.6 is 15.9 Å². The van der Waals surface area contributed by atoms with Crippen molar-refractivity contribution in [3.63, 3.8) is 0 Å². The lowest BCUT2D eigenvalue weighted by atomic mass is 10.1. The van der Waals surface area contributed by atoms with Crippen molar-refractivity contribution in [2.75, 3.05) is 5.32 Å². The van der Waals surface area contributed by atoms with Crippen molar-refractivity contribution in [1.82, 2.24) is 0 Å². The first-order valence-corrected chi connectivity index (χ1v) is 6.24. The number of carbonyl (C=O) groups is 2. The number of carboxylic acid groups (broad SMARTS) is 1. The van der Waals surface area contributed by atoms with Gasteiger partial charge in [0.25, 0.3) is 5.91 Å². The second-order valence-electron chi connectivity index (χ2n) is 3.80. The van der Waals surface area contributed by atoms with Crippen molar-refractivity contribution < 1.29 is 14.7 Å². The number of anilines is 1. The van der Waals surface area contributed by atoms with Crippen LogP contribution in [-0.4, -0.2) is 11.9 Å². The summed E-state index contributed by atoms with van der Waals surface area (Å²) in [5.41, 5.74) is 0.519. The number of halogens is 1. The summed E-state index contributed by atoms with van der Waals surface area (Å²) in [5, 5.41) is 13.6. The lowest BCUT2D eigenvalue weighted by Crippen LogP contribution is -2.26. The van der Waals surface area contributed by atoms with Crippen LogP contribution in [0.3, 0.4) is 0 Å². The van der Waals surface area contributed by atoms with E-state index in [-0.39, 0.29) is 11.1 Å². The fourth-order valence-corrected chi connectivity index (χ4v) is 2.02. The third-order valence-electron chi connectivity index (χ3n) is 2.47. The molecular formula is C14H9BrNO3-. The van der Waals surface area contributed by atoms with Crippen LogP contribution in [0.15, 0.2) is 53.0 Å². The van der Waals surface area contributed by atoms with E-state index in [1.165, 1.54) is 12.1 Å². The molecule has 19 heavy (non-hydrogen) atoms. The van der Waals surface area contributed by atoms with Crippen molar-refractivity contribution in [3.8, 4) is 0 Å². The fourth-order valence-electron chi connectivity index (χ4n) is 1.62. The maximum absolute atomic E-state index is 12.0. The van der Waals surface area contributed by atoms with E-state index in [1.54, 1.807) is 30.3 Å². The Bertz CT molecular complexity index is 640. The van der Waals surface area contributed by atoms with Gasteiger partial charge in [0, 0.05) is 21.3 Å². The predicted molar refractivity (Wildman–Crippen MR) is 72.9 cm³/mol. The summed E-state index contributed by atoms with van der Waals surface area (Å²) in [6.07, 6.45) is 0. The van der Waals surface area contributed by atoms with Gasteiger partial charge in [-0.3, -0.25) is 4.79 Å². The SMILES string of the molecule is O=C([O-])c1ccccc1C(=O)Nc1cccc(Br)c1. The number of carbonyl (C=O) groups excluding carboxylic acids is 2. The summed E-state index contributed by atoms with van der Waals surface area (Å²) in [5.74, 6) is -1.86. The Morgan fingerprint density at radius 3 is 2.32 bits per heavy atom. The molecule has 0 saturated carbocycles. The number of hydrogen-bond donors (Lipinski definition) is 1. The number of aromatic carboxylic acids is 1. The van der Waals surface area contributed by atoms with E-state index in [9.17, 15) is 14.7 Å². The highest BCUT2D eigenvalue weighted by molar-refractivity contribution is 9.10. The summed E-state index contributed by atoms with van der Waals surface area (Å²) in [7, 11) is 0. The molecule has 0 atom stereocenters. The van der Waals surface area contributed by atoms with Crippen LogP contribution in [0.25, 0.3) is 0 Å². The Morgan fingerprint density at radius 2 is 1.68 bits per heavy atom. The molecule has 0 aromatic heterocycles. The van der Waals surface area contributed by atoms with Crippen LogP contribution in [0.4, 0.5) is 5.69 Å². The van der Waals surface area contributed by atoms with Gasteiger partial charge in [-0.05, 0) is 24.3 Å². The number of carboxylic acids is 1. The van der Waals surface area contributed by atoms with Crippen LogP contribution in [0.1, 0.15) is 20.7 Å². The van der Waals surface area contributed by atoms with Crippen LogP contribution < -0.4 is 10.4 Å². The monoisotopic (exact) mass is 318 g/mol. The number of nitrogens with one attached hydrogen (secondary N) is 1. The smallest absolute Gasteiger partial charge is 0.256 e. The lowest BCUT2D eigenvalue weighted by Gasteiger charge is -2.10. The van der Waals surface area contributed by atoms with E-state index in [2.05, 4.69) is 21.2 Å². The Hall–Kier alpha value is -2.14. The highest BCUT2D eigenvalue weighted by Crippen LogP contribution is 2.17. The Kier molecular flexibility index (Phi) is 3.97. The van der Waals surface area contributed by atoms with Gasteiger partial charge in [0.05, 0.1) is 5.97 Å². The van der Waals surface area contributed by atoms with Crippen LogP contribution in [0.2, 0.25) is 0 Å². The highest BCUT2D eigenvalue weighted by atomic mass is 79.9. The zero-order chi connectivity index (χ0) is 13.8. The number of rotatable bonds is 3. The van der Waals surface area contributed by atoms with Gasteiger partial charge >= 0.3 is 0 Å². The van der Waals surface area contributed by atoms with Crippen LogP contribution in [0, 0.1) is 0 Å². The highest BCUT2D eigenvalue weighted by Gasteiger charge is 2.11. The van der Waals surface area contributed by atoms with E-state index in [4.69, 9.17) is 0 Å². The normalized spacial score (nSPS) is 9.95. The molecule has 0 spiro atoms. The first-order valence-electron chi connectivity index (χ1n) is 5.45. The lowest BCUT2D eigenvalue weighted by molar-refractivity contribution is -0.255. The minimum atomic E-state index is -1.38. The van der Waals surface area contributed by atoms with Gasteiger partial charge in [-0.15, -0.1) is 0 Å². The van der Waals surface area contributed by atoms with Crippen molar-refractivity contribution in [1.29, 1.82) is 0 Å². The largest absolute Gasteiger partial charge is 0.545 e. The third-order valence-corrected chi connectivity index (χ3v) is 2.97. The molecule has 0 aliphatic heterocycles. The molecule has 0 unspecified atom stereocenters. The van der Waals surface area contributed by atoms with E-state index < -0.39 is 11.9 Å². The first kappa shape index (κ1) is 13.3. The first-order chi connectivity index (χ1) is 9.08. The number of hydrogen-bond acceptors (Lipinski definition) is 3. The molecule has 1 amide bonds. The maximum Gasteiger partial charge on any atom is 0.256 e. The summed E-state index contributed by atoms with van der Waals surface area (Å²) >= 11 is 3.29. The van der Waals surface area contributed by atoms with Gasteiger partial charge in [0.2, 0.25) is 0 Å². The molecule has 0 fully saturated rings. The van der Waals surface area contributed by atoms with Gasteiger partial charge < -0.3 is 15.2 Å². The number of benzene rings is 2.